The monoisotopic (exact) mass is 369 g/mol. The van der Waals surface area contributed by atoms with Crippen LogP contribution < -0.4 is 4.74 Å². The molecule has 6 heteroatoms. The molecule has 0 saturated carbocycles. The summed E-state index contributed by atoms with van der Waals surface area (Å²) in [6, 6.07) is 15.4. The molecule has 0 atom stereocenters. The molecule has 0 unspecified atom stereocenters. The van der Waals surface area contributed by atoms with E-state index in [1.54, 1.807) is 6.07 Å². The van der Waals surface area contributed by atoms with Crippen molar-refractivity contribution >= 4 is 11.7 Å². The van der Waals surface area contributed by atoms with E-state index in [1.807, 2.05) is 56.3 Å². The maximum Gasteiger partial charge on any atom is 0.377 e. The zero-order chi connectivity index (χ0) is 19.6. The molecule has 2 aromatic carbocycles. The predicted molar refractivity (Wildman–Crippen MR) is 102 cm³/mol. The highest BCUT2D eigenvalue weighted by molar-refractivity contribution is 5.98. The topological polar surface area (TPSA) is 66.3 Å². The summed E-state index contributed by atoms with van der Waals surface area (Å²) in [6.07, 6.45) is 1.20. The van der Waals surface area contributed by atoms with E-state index in [0.717, 1.165) is 16.7 Å². The van der Waals surface area contributed by atoms with E-state index in [0.29, 0.717) is 18.1 Å². The third-order valence-corrected chi connectivity index (χ3v) is 3.71. The van der Waals surface area contributed by atoms with Crippen molar-refractivity contribution in [3.63, 3.8) is 0 Å². The van der Waals surface area contributed by atoms with E-state index in [2.05, 4.69) is 5.16 Å². The summed E-state index contributed by atoms with van der Waals surface area (Å²) in [7, 11) is 2.70. The van der Waals surface area contributed by atoms with E-state index in [4.69, 9.17) is 19.0 Å². The fraction of sp³-hybridized carbons (Fsp3) is 0.238. The van der Waals surface area contributed by atoms with Crippen LogP contribution in [0.3, 0.4) is 0 Å². The van der Waals surface area contributed by atoms with Gasteiger partial charge in [-0.3, -0.25) is 0 Å². The van der Waals surface area contributed by atoms with E-state index >= 15 is 0 Å². The summed E-state index contributed by atoms with van der Waals surface area (Å²) in [5.41, 5.74) is 3.38. The SMILES string of the molecule is CO/C=C(\Oc1cc(/C(C)=N/OCc2ccccc2)ccc1C)C(=O)OC. The second-order valence-corrected chi connectivity index (χ2v) is 5.73. The molecule has 0 fully saturated rings. The highest BCUT2D eigenvalue weighted by Crippen LogP contribution is 2.23. The summed E-state index contributed by atoms with van der Waals surface area (Å²) in [4.78, 5) is 17.2. The Kier molecular flexibility index (Phi) is 7.43. The van der Waals surface area contributed by atoms with Crippen LogP contribution in [-0.4, -0.2) is 25.9 Å². The molecule has 27 heavy (non-hydrogen) atoms. The van der Waals surface area contributed by atoms with Crippen LogP contribution in [0.25, 0.3) is 0 Å². The molecule has 0 aliphatic rings. The number of ether oxygens (including phenoxy) is 3. The first-order valence-corrected chi connectivity index (χ1v) is 8.35. The van der Waals surface area contributed by atoms with Crippen molar-refractivity contribution in [3.05, 3.63) is 77.2 Å². The third kappa shape index (κ3) is 5.88. The molecule has 0 spiro atoms. The van der Waals surface area contributed by atoms with Crippen molar-refractivity contribution in [1.29, 1.82) is 0 Å². The molecule has 0 aromatic heterocycles. The fourth-order valence-corrected chi connectivity index (χ4v) is 2.21. The summed E-state index contributed by atoms with van der Waals surface area (Å²) in [6.45, 7) is 4.10. The average molecular weight is 369 g/mol. The van der Waals surface area contributed by atoms with Crippen LogP contribution >= 0.6 is 0 Å². The van der Waals surface area contributed by atoms with Gasteiger partial charge in [-0.05, 0) is 31.0 Å². The second kappa shape index (κ2) is 10.0. The first-order valence-electron chi connectivity index (χ1n) is 8.35. The summed E-state index contributed by atoms with van der Waals surface area (Å²) in [5, 5.41) is 4.16. The number of esters is 1. The molecule has 0 radical (unpaired) electrons. The van der Waals surface area contributed by atoms with Gasteiger partial charge < -0.3 is 19.0 Å². The zero-order valence-corrected chi connectivity index (χ0v) is 15.9. The Balaban J connectivity index is 2.14. The number of benzene rings is 2. The van der Waals surface area contributed by atoms with Crippen LogP contribution in [0, 0.1) is 6.92 Å². The molecule has 2 rings (SSSR count). The number of carbonyl (C=O) groups is 1. The largest absolute Gasteiger partial charge is 0.500 e. The zero-order valence-electron chi connectivity index (χ0n) is 15.9. The van der Waals surface area contributed by atoms with E-state index < -0.39 is 5.97 Å². The minimum atomic E-state index is -0.627. The Hall–Kier alpha value is -3.28. The minimum Gasteiger partial charge on any atom is -0.500 e. The van der Waals surface area contributed by atoms with Crippen LogP contribution in [0.4, 0.5) is 0 Å². The third-order valence-electron chi connectivity index (χ3n) is 3.71. The second-order valence-electron chi connectivity index (χ2n) is 5.73. The highest BCUT2D eigenvalue weighted by Gasteiger charge is 2.15. The number of nitrogens with zero attached hydrogens (tertiary/aromatic N) is 1. The number of methoxy groups -OCH3 is 2. The van der Waals surface area contributed by atoms with Gasteiger partial charge in [0.1, 0.15) is 18.6 Å². The number of carbonyl (C=O) groups excluding carboxylic acids is 1. The molecule has 142 valence electrons. The lowest BCUT2D eigenvalue weighted by Gasteiger charge is -2.12. The maximum atomic E-state index is 11.8. The predicted octanol–water partition coefficient (Wildman–Crippen LogP) is 3.98. The first kappa shape index (κ1) is 20.0. The van der Waals surface area contributed by atoms with Gasteiger partial charge in [0.2, 0.25) is 5.76 Å². The summed E-state index contributed by atoms with van der Waals surface area (Å²) in [5.74, 6) is -0.174. The minimum absolute atomic E-state index is 0.0461. The number of hydrogen-bond acceptors (Lipinski definition) is 6. The highest BCUT2D eigenvalue weighted by atomic mass is 16.6. The van der Waals surface area contributed by atoms with Crippen molar-refractivity contribution in [3.8, 4) is 5.75 Å². The van der Waals surface area contributed by atoms with Gasteiger partial charge >= 0.3 is 5.97 Å². The molecule has 0 aliphatic heterocycles. The molecular formula is C21H23NO5. The average Bonchev–Trinajstić information content (AvgIpc) is 2.69. The van der Waals surface area contributed by atoms with E-state index in [-0.39, 0.29) is 5.76 Å². The molecule has 0 heterocycles. The van der Waals surface area contributed by atoms with Gasteiger partial charge in [0, 0.05) is 5.56 Å². The van der Waals surface area contributed by atoms with Crippen LogP contribution in [0.2, 0.25) is 0 Å². The van der Waals surface area contributed by atoms with Gasteiger partial charge in [-0.25, -0.2) is 4.79 Å². The van der Waals surface area contributed by atoms with Crippen LogP contribution in [0.15, 0.2) is 65.7 Å². The van der Waals surface area contributed by atoms with Crippen molar-refractivity contribution in [2.45, 2.75) is 20.5 Å². The fourth-order valence-electron chi connectivity index (χ4n) is 2.21. The Labute approximate surface area is 159 Å². The lowest BCUT2D eigenvalue weighted by molar-refractivity contribution is -0.138. The maximum absolute atomic E-state index is 11.8. The molecule has 6 nitrogen and oxygen atoms in total. The van der Waals surface area contributed by atoms with Crippen molar-refractivity contribution < 1.29 is 23.8 Å². The van der Waals surface area contributed by atoms with Crippen LogP contribution in [-0.2, 0) is 25.7 Å². The van der Waals surface area contributed by atoms with Gasteiger partial charge in [0.05, 0.1) is 19.9 Å². The van der Waals surface area contributed by atoms with Crippen LogP contribution in [0.1, 0.15) is 23.6 Å². The van der Waals surface area contributed by atoms with Gasteiger partial charge in [-0.2, -0.15) is 0 Å². The van der Waals surface area contributed by atoms with E-state index in [9.17, 15) is 4.79 Å². The van der Waals surface area contributed by atoms with Gasteiger partial charge in [0.15, 0.2) is 0 Å². The lowest BCUT2D eigenvalue weighted by Crippen LogP contribution is -2.12. The first-order chi connectivity index (χ1) is 13.0. The molecule has 0 aliphatic carbocycles. The normalized spacial score (nSPS) is 11.7. The summed E-state index contributed by atoms with van der Waals surface area (Å²) < 4.78 is 15.2. The molecule has 0 saturated heterocycles. The van der Waals surface area contributed by atoms with Gasteiger partial charge in [-0.1, -0.05) is 47.6 Å². The van der Waals surface area contributed by atoms with Gasteiger partial charge in [0.25, 0.3) is 0 Å². The number of hydrogen-bond donors (Lipinski definition) is 0. The molecule has 2 aromatic rings. The number of oxime groups is 1. The smallest absolute Gasteiger partial charge is 0.377 e. The van der Waals surface area contributed by atoms with Gasteiger partial charge in [-0.15, -0.1) is 0 Å². The van der Waals surface area contributed by atoms with Crippen molar-refractivity contribution in [2.75, 3.05) is 14.2 Å². The Morgan fingerprint density at radius 3 is 2.52 bits per heavy atom. The standard InChI is InChI=1S/C21H23NO5/c1-15-10-11-18(12-19(15)27-20(14-24-3)21(23)25-4)16(2)22-26-13-17-8-6-5-7-9-17/h5-12,14H,13H2,1-4H3/b20-14-,22-16+. The molecule has 0 N–H and O–H groups in total. The Bertz CT molecular complexity index is 828. The van der Waals surface area contributed by atoms with Crippen LogP contribution in [0.5, 0.6) is 5.75 Å². The van der Waals surface area contributed by atoms with Crippen molar-refractivity contribution in [1.82, 2.24) is 0 Å². The quantitative estimate of drug-likeness (QED) is 0.232. The molecule has 0 amide bonds. The Morgan fingerprint density at radius 2 is 1.85 bits per heavy atom. The van der Waals surface area contributed by atoms with Crippen molar-refractivity contribution in [2.24, 2.45) is 5.16 Å². The lowest BCUT2D eigenvalue weighted by atomic mass is 10.1. The summed E-state index contributed by atoms with van der Waals surface area (Å²) >= 11 is 0. The van der Waals surface area contributed by atoms with E-state index in [1.165, 1.54) is 20.5 Å². The molecule has 0 bridgehead atoms. The number of rotatable bonds is 8. The Morgan fingerprint density at radius 1 is 1.11 bits per heavy atom. The number of aryl methyl sites for hydroxylation is 1. The molecular weight excluding hydrogens is 346 g/mol.